The van der Waals surface area contributed by atoms with E-state index in [1.165, 1.54) is 23.9 Å². The molecule has 0 radical (unpaired) electrons. The SMILES string of the molecule is CN=C(CNC(=O)CCc1ccc(OC)c(OC)c1)Sc1cccc([N+](=O)[O-])c1. The zero-order chi connectivity index (χ0) is 21.2. The number of benzene rings is 2. The van der Waals surface area contributed by atoms with Crippen LogP contribution in [-0.4, -0.2) is 43.7 Å². The van der Waals surface area contributed by atoms with Gasteiger partial charge in [0.15, 0.2) is 11.5 Å². The molecule has 29 heavy (non-hydrogen) atoms. The van der Waals surface area contributed by atoms with Gasteiger partial charge in [0.25, 0.3) is 5.69 Å². The molecule has 0 saturated carbocycles. The van der Waals surface area contributed by atoms with Gasteiger partial charge in [0.05, 0.1) is 30.7 Å². The number of nitrogens with zero attached hydrogens (tertiary/aromatic N) is 2. The largest absolute Gasteiger partial charge is 0.493 e. The first kappa shape index (κ1) is 22.2. The fourth-order valence-electron chi connectivity index (χ4n) is 2.51. The Kier molecular flexibility index (Phi) is 8.47. The van der Waals surface area contributed by atoms with Crippen LogP contribution in [0.5, 0.6) is 11.5 Å². The molecule has 0 aliphatic rings. The molecule has 1 amide bonds. The molecule has 8 nitrogen and oxygen atoms in total. The Morgan fingerprint density at radius 2 is 1.93 bits per heavy atom. The van der Waals surface area contributed by atoms with Crippen LogP contribution in [-0.2, 0) is 11.2 Å². The summed E-state index contributed by atoms with van der Waals surface area (Å²) in [4.78, 5) is 27.5. The van der Waals surface area contributed by atoms with E-state index in [2.05, 4.69) is 10.3 Å². The number of carbonyl (C=O) groups excluding carboxylic acids is 1. The predicted molar refractivity (Wildman–Crippen MR) is 113 cm³/mol. The second-order valence-corrected chi connectivity index (χ2v) is 7.09. The van der Waals surface area contributed by atoms with Crippen molar-refractivity contribution in [1.29, 1.82) is 0 Å². The van der Waals surface area contributed by atoms with Crippen LogP contribution in [0.15, 0.2) is 52.4 Å². The van der Waals surface area contributed by atoms with Crippen LogP contribution in [0.25, 0.3) is 0 Å². The van der Waals surface area contributed by atoms with Gasteiger partial charge in [0, 0.05) is 30.5 Å². The van der Waals surface area contributed by atoms with Crippen LogP contribution in [0.4, 0.5) is 5.69 Å². The fraction of sp³-hybridized carbons (Fsp3) is 0.300. The van der Waals surface area contributed by atoms with Crippen LogP contribution in [0.3, 0.4) is 0 Å². The number of carbonyl (C=O) groups is 1. The quantitative estimate of drug-likeness (QED) is 0.220. The van der Waals surface area contributed by atoms with Crippen molar-refractivity contribution in [2.45, 2.75) is 17.7 Å². The lowest BCUT2D eigenvalue weighted by molar-refractivity contribution is -0.385. The topological polar surface area (TPSA) is 103 Å². The molecule has 2 rings (SSSR count). The number of aliphatic imine (C=N–C) groups is 1. The third-order valence-electron chi connectivity index (χ3n) is 4.04. The van der Waals surface area contributed by atoms with Gasteiger partial charge in [-0.3, -0.25) is 19.9 Å². The zero-order valence-electron chi connectivity index (χ0n) is 16.5. The number of aryl methyl sites for hydroxylation is 1. The Bertz CT molecular complexity index is 901. The van der Waals surface area contributed by atoms with Crippen LogP contribution in [0.1, 0.15) is 12.0 Å². The average Bonchev–Trinajstić information content (AvgIpc) is 2.74. The lowest BCUT2D eigenvalue weighted by atomic mass is 10.1. The number of nitrogens with one attached hydrogen (secondary N) is 1. The summed E-state index contributed by atoms with van der Waals surface area (Å²) in [7, 11) is 4.76. The first-order chi connectivity index (χ1) is 14.0. The third-order valence-corrected chi connectivity index (χ3v) is 5.09. The van der Waals surface area contributed by atoms with E-state index >= 15 is 0 Å². The molecule has 0 bridgehead atoms. The maximum absolute atomic E-state index is 12.2. The summed E-state index contributed by atoms with van der Waals surface area (Å²) >= 11 is 1.29. The van der Waals surface area contributed by atoms with Gasteiger partial charge in [0.1, 0.15) is 0 Å². The molecule has 0 heterocycles. The number of thioether (sulfide) groups is 1. The molecule has 0 saturated heterocycles. The molecule has 0 aliphatic heterocycles. The molecule has 9 heteroatoms. The zero-order valence-corrected chi connectivity index (χ0v) is 17.3. The van der Waals surface area contributed by atoms with Crippen molar-refractivity contribution in [3.63, 3.8) is 0 Å². The van der Waals surface area contributed by atoms with E-state index in [4.69, 9.17) is 9.47 Å². The van der Waals surface area contributed by atoms with Crippen LogP contribution in [0, 0.1) is 10.1 Å². The van der Waals surface area contributed by atoms with Crippen molar-refractivity contribution >= 4 is 28.4 Å². The second kappa shape index (κ2) is 11.1. The summed E-state index contributed by atoms with van der Waals surface area (Å²) in [5.74, 6) is 1.16. The standard InChI is InChI=1S/C20H23N3O5S/c1-21-20(29-16-6-4-5-15(12-16)23(25)26)13-22-19(24)10-8-14-7-9-17(27-2)18(11-14)28-3/h4-7,9,11-12H,8,10,13H2,1-3H3,(H,22,24). The Morgan fingerprint density at radius 1 is 1.17 bits per heavy atom. The summed E-state index contributed by atoms with van der Waals surface area (Å²) in [6, 6.07) is 11.9. The number of nitro groups is 1. The Morgan fingerprint density at radius 3 is 2.59 bits per heavy atom. The molecule has 2 aromatic carbocycles. The smallest absolute Gasteiger partial charge is 0.270 e. The van der Waals surface area contributed by atoms with Crippen molar-refractivity contribution in [3.8, 4) is 11.5 Å². The van der Waals surface area contributed by atoms with Gasteiger partial charge in [-0.25, -0.2) is 0 Å². The summed E-state index contributed by atoms with van der Waals surface area (Å²) in [6.45, 7) is 0.259. The highest BCUT2D eigenvalue weighted by atomic mass is 32.2. The molecular formula is C20H23N3O5S. The fourth-order valence-corrected chi connectivity index (χ4v) is 3.35. The number of hydrogen-bond acceptors (Lipinski definition) is 7. The molecular weight excluding hydrogens is 394 g/mol. The minimum Gasteiger partial charge on any atom is -0.493 e. The predicted octanol–water partition coefficient (Wildman–Crippen LogP) is 3.48. The van der Waals surface area contributed by atoms with Gasteiger partial charge in [-0.1, -0.05) is 23.9 Å². The van der Waals surface area contributed by atoms with Gasteiger partial charge in [-0.15, -0.1) is 0 Å². The number of amides is 1. The number of ether oxygens (including phenoxy) is 2. The highest BCUT2D eigenvalue weighted by Gasteiger charge is 2.11. The third kappa shape index (κ3) is 6.79. The van der Waals surface area contributed by atoms with E-state index in [0.29, 0.717) is 34.3 Å². The molecule has 154 valence electrons. The van der Waals surface area contributed by atoms with E-state index in [0.717, 1.165) is 5.56 Å². The minimum absolute atomic E-state index is 0.0180. The molecule has 0 aliphatic carbocycles. The van der Waals surface area contributed by atoms with Crippen molar-refractivity contribution < 1.29 is 19.2 Å². The summed E-state index contributed by atoms with van der Waals surface area (Å²) < 4.78 is 10.5. The second-order valence-electron chi connectivity index (χ2n) is 5.94. The van der Waals surface area contributed by atoms with Gasteiger partial charge >= 0.3 is 0 Å². The van der Waals surface area contributed by atoms with Crippen molar-refractivity contribution in [2.24, 2.45) is 4.99 Å². The Hall–Kier alpha value is -3.07. The summed E-state index contributed by atoms with van der Waals surface area (Å²) in [6.07, 6.45) is 0.872. The minimum atomic E-state index is -0.442. The maximum Gasteiger partial charge on any atom is 0.270 e. The Labute approximate surface area is 173 Å². The maximum atomic E-state index is 12.2. The molecule has 0 atom stereocenters. The highest BCUT2D eigenvalue weighted by Crippen LogP contribution is 2.28. The average molecular weight is 417 g/mol. The van der Waals surface area contributed by atoms with E-state index in [-0.39, 0.29) is 18.1 Å². The Balaban J connectivity index is 1.86. The van der Waals surface area contributed by atoms with Gasteiger partial charge in [-0.05, 0) is 30.2 Å². The van der Waals surface area contributed by atoms with Crippen molar-refractivity contribution in [3.05, 3.63) is 58.1 Å². The normalized spacial score (nSPS) is 11.1. The van der Waals surface area contributed by atoms with E-state index in [1.807, 2.05) is 18.2 Å². The molecule has 0 fully saturated rings. The summed E-state index contributed by atoms with van der Waals surface area (Å²) in [5.41, 5.74) is 0.984. The first-order valence-electron chi connectivity index (χ1n) is 8.82. The van der Waals surface area contributed by atoms with Gasteiger partial charge in [0.2, 0.25) is 5.91 Å². The molecule has 0 spiro atoms. The van der Waals surface area contributed by atoms with Gasteiger partial charge < -0.3 is 14.8 Å². The van der Waals surface area contributed by atoms with Crippen LogP contribution in [0.2, 0.25) is 0 Å². The van der Waals surface area contributed by atoms with Crippen LogP contribution >= 0.6 is 11.8 Å². The molecule has 2 aromatic rings. The number of hydrogen-bond donors (Lipinski definition) is 1. The summed E-state index contributed by atoms with van der Waals surface area (Å²) in [5, 5.41) is 14.4. The lowest BCUT2D eigenvalue weighted by Gasteiger charge is -2.10. The van der Waals surface area contributed by atoms with E-state index in [9.17, 15) is 14.9 Å². The van der Waals surface area contributed by atoms with Crippen molar-refractivity contribution in [1.82, 2.24) is 5.32 Å². The van der Waals surface area contributed by atoms with Crippen LogP contribution < -0.4 is 14.8 Å². The van der Waals surface area contributed by atoms with E-state index in [1.54, 1.807) is 33.4 Å². The van der Waals surface area contributed by atoms with E-state index < -0.39 is 4.92 Å². The van der Waals surface area contributed by atoms with Gasteiger partial charge in [-0.2, -0.15) is 0 Å². The number of non-ortho nitro benzene ring substituents is 1. The number of nitro benzene ring substituents is 1. The molecule has 1 N–H and O–H groups in total. The lowest BCUT2D eigenvalue weighted by Crippen LogP contribution is -2.28. The number of methoxy groups -OCH3 is 2. The number of rotatable bonds is 9. The molecule has 0 aromatic heterocycles. The van der Waals surface area contributed by atoms with Crippen molar-refractivity contribution in [2.75, 3.05) is 27.8 Å². The monoisotopic (exact) mass is 417 g/mol. The highest BCUT2D eigenvalue weighted by molar-refractivity contribution is 8.14. The molecule has 0 unspecified atom stereocenters. The first-order valence-corrected chi connectivity index (χ1v) is 9.64.